The SMILES string of the molecule is COCCO/N=C(/C)[C@H](C)CCCO. The Morgan fingerprint density at radius 3 is 2.71 bits per heavy atom. The summed E-state index contributed by atoms with van der Waals surface area (Å²) in [7, 11) is 1.63. The Balaban J connectivity index is 3.62. The van der Waals surface area contributed by atoms with Crippen LogP contribution in [0.3, 0.4) is 0 Å². The van der Waals surface area contributed by atoms with E-state index in [1.54, 1.807) is 7.11 Å². The maximum atomic E-state index is 8.66. The van der Waals surface area contributed by atoms with Gasteiger partial charge in [0.05, 0.1) is 12.3 Å². The zero-order chi connectivity index (χ0) is 10.8. The van der Waals surface area contributed by atoms with Crippen molar-refractivity contribution in [3.63, 3.8) is 0 Å². The molecule has 1 N–H and O–H groups in total. The smallest absolute Gasteiger partial charge is 0.140 e. The lowest BCUT2D eigenvalue weighted by molar-refractivity contribution is 0.0742. The van der Waals surface area contributed by atoms with Gasteiger partial charge in [0.25, 0.3) is 0 Å². The molecule has 4 nitrogen and oxygen atoms in total. The van der Waals surface area contributed by atoms with E-state index in [1.165, 1.54) is 0 Å². The highest BCUT2D eigenvalue weighted by atomic mass is 16.6. The predicted octanol–water partition coefficient (Wildman–Crippen LogP) is 1.43. The van der Waals surface area contributed by atoms with E-state index in [0.717, 1.165) is 18.6 Å². The van der Waals surface area contributed by atoms with Crippen LogP contribution in [0.5, 0.6) is 0 Å². The molecule has 14 heavy (non-hydrogen) atoms. The first-order valence-corrected chi connectivity index (χ1v) is 4.98. The Hall–Kier alpha value is -0.610. The van der Waals surface area contributed by atoms with Gasteiger partial charge in [-0.25, -0.2) is 0 Å². The zero-order valence-electron chi connectivity index (χ0n) is 9.32. The topological polar surface area (TPSA) is 51.0 Å². The summed E-state index contributed by atoms with van der Waals surface area (Å²) in [5, 5.41) is 12.6. The number of oxime groups is 1. The van der Waals surface area contributed by atoms with Crippen molar-refractivity contribution < 1.29 is 14.7 Å². The van der Waals surface area contributed by atoms with Gasteiger partial charge < -0.3 is 14.7 Å². The first kappa shape index (κ1) is 13.4. The van der Waals surface area contributed by atoms with E-state index in [-0.39, 0.29) is 6.61 Å². The van der Waals surface area contributed by atoms with E-state index in [4.69, 9.17) is 14.7 Å². The van der Waals surface area contributed by atoms with Crippen molar-refractivity contribution >= 4 is 5.71 Å². The van der Waals surface area contributed by atoms with Crippen molar-refractivity contribution in [2.75, 3.05) is 26.9 Å². The summed E-state index contributed by atoms with van der Waals surface area (Å²) in [6.07, 6.45) is 1.76. The molecule has 0 saturated heterocycles. The molecule has 0 radical (unpaired) electrons. The second kappa shape index (κ2) is 8.97. The largest absolute Gasteiger partial charge is 0.396 e. The van der Waals surface area contributed by atoms with Gasteiger partial charge in [0.15, 0.2) is 0 Å². The van der Waals surface area contributed by atoms with Crippen LogP contribution in [0, 0.1) is 5.92 Å². The Bertz CT molecular complexity index is 159. The van der Waals surface area contributed by atoms with Crippen LogP contribution in [0.25, 0.3) is 0 Å². The molecule has 0 heterocycles. The van der Waals surface area contributed by atoms with Gasteiger partial charge in [-0.1, -0.05) is 12.1 Å². The summed E-state index contributed by atoms with van der Waals surface area (Å²) in [5.74, 6) is 0.365. The molecule has 0 spiro atoms. The monoisotopic (exact) mass is 203 g/mol. The maximum absolute atomic E-state index is 8.66. The molecule has 84 valence electrons. The number of methoxy groups -OCH3 is 1. The fourth-order valence-corrected chi connectivity index (χ4v) is 0.964. The summed E-state index contributed by atoms with van der Waals surface area (Å²) in [6.45, 7) is 5.30. The quantitative estimate of drug-likeness (QED) is 0.369. The Morgan fingerprint density at radius 1 is 1.43 bits per heavy atom. The minimum atomic E-state index is 0.238. The molecule has 0 saturated carbocycles. The van der Waals surface area contributed by atoms with Crippen molar-refractivity contribution in [1.82, 2.24) is 0 Å². The molecule has 0 rings (SSSR count). The Morgan fingerprint density at radius 2 is 2.14 bits per heavy atom. The fourth-order valence-electron chi connectivity index (χ4n) is 0.964. The highest BCUT2D eigenvalue weighted by molar-refractivity contribution is 5.83. The Kier molecular flexibility index (Phi) is 8.57. The predicted molar refractivity (Wildman–Crippen MR) is 56.4 cm³/mol. The number of hydrogen-bond donors (Lipinski definition) is 1. The number of hydrogen-bond acceptors (Lipinski definition) is 4. The first-order chi connectivity index (χ1) is 6.72. The van der Waals surface area contributed by atoms with Gasteiger partial charge in [-0.15, -0.1) is 0 Å². The summed E-state index contributed by atoms with van der Waals surface area (Å²) < 4.78 is 4.82. The van der Waals surface area contributed by atoms with Crippen LogP contribution in [0.4, 0.5) is 0 Å². The normalized spacial score (nSPS) is 14.1. The van der Waals surface area contributed by atoms with Crippen molar-refractivity contribution in [3.05, 3.63) is 0 Å². The van der Waals surface area contributed by atoms with Gasteiger partial charge in [0.1, 0.15) is 6.61 Å². The lowest BCUT2D eigenvalue weighted by atomic mass is 10.0. The van der Waals surface area contributed by atoms with E-state index < -0.39 is 0 Å². The van der Waals surface area contributed by atoms with E-state index in [0.29, 0.717) is 19.1 Å². The number of rotatable bonds is 8. The average molecular weight is 203 g/mol. The van der Waals surface area contributed by atoms with E-state index in [9.17, 15) is 0 Å². The summed E-state index contributed by atoms with van der Waals surface area (Å²) >= 11 is 0. The summed E-state index contributed by atoms with van der Waals surface area (Å²) in [4.78, 5) is 5.04. The minimum Gasteiger partial charge on any atom is -0.396 e. The molecule has 0 aliphatic carbocycles. The molecule has 0 aromatic rings. The van der Waals surface area contributed by atoms with Crippen LogP contribution in [0.15, 0.2) is 5.16 Å². The highest BCUT2D eigenvalue weighted by Crippen LogP contribution is 2.07. The van der Waals surface area contributed by atoms with Gasteiger partial charge in [0, 0.05) is 13.7 Å². The Labute approximate surface area is 85.9 Å². The van der Waals surface area contributed by atoms with E-state index in [1.807, 2.05) is 6.92 Å². The average Bonchev–Trinajstić information content (AvgIpc) is 2.20. The lowest BCUT2D eigenvalue weighted by Gasteiger charge is -2.09. The lowest BCUT2D eigenvalue weighted by Crippen LogP contribution is -2.09. The molecular formula is C10H21NO3. The standard InChI is InChI=1S/C10H21NO3/c1-9(5-4-6-12)10(2)11-14-8-7-13-3/h9,12H,4-8H2,1-3H3/b11-10-/t9-/m1/s1. The van der Waals surface area contributed by atoms with Crippen molar-refractivity contribution in [2.24, 2.45) is 11.1 Å². The van der Waals surface area contributed by atoms with Gasteiger partial charge in [-0.05, 0) is 25.7 Å². The first-order valence-electron chi connectivity index (χ1n) is 4.98. The molecule has 1 atom stereocenters. The number of aliphatic hydroxyl groups is 1. The minimum absolute atomic E-state index is 0.238. The number of nitrogens with zero attached hydrogens (tertiary/aromatic N) is 1. The molecule has 0 aromatic carbocycles. The third-order valence-corrected chi connectivity index (χ3v) is 2.10. The van der Waals surface area contributed by atoms with Crippen molar-refractivity contribution in [2.45, 2.75) is 26.7 Å². The second-order valence-corrected chi connectivity index (χ2v) is 3.33. The zero-order valence-corrected chi connectivity index (χ0v) is 9.32. The van der Waals surface area contributed by atoms with E-state index in [2.05, 4.69) is 12.1 Å². The van der Waals surface area contributed by atoms with Crippen LogP contribution >= 0.6 is 0 Å². The molecule has 0 aliphatic heterocycles. The fraction of sp³-hybridized carbons (Fsp3) is 0.900. The van der Waals surface area contributed by atoms with Gasteiger partial charge in [-0.2, -0.15) is 0 Å². The number of aliphatic hydroxyl groups excluding tert-OH is 1. The van der Waals surface area contributed by atoms with Gasteiger partial charge in [0.2, 0.25) is 0 Å². The third-order valence-electron chi connectivity index (χ3n) is 2.10. The molecule has 0 bridgehead atoms. The van der Waals surface area contributed by atoms with Crippen LogP contribution in [-0.4, -0.2) is 37.7 Å². The summed E-state index contributed by atoms with van der Waals surface area (Å²) in [6, 6.07) is 0. The van der Waals surface area contributed by atoms with Crippen molar-refractivity contribution in [1.29, 1.82) is 0 Å². The van der Waals surface area contributed by atoms with Crippen LogP contribution < -0.4 is 0 Å². The number of ether oxygens (including phenoxy) is 1. The van der Waals surface area contributed by atoms with Crippen LogP contribution in [-0.2, 0) is 9.57 Å². The van der Waals surface area contributed by atoms with Crippen LogP contribution in [0.2, 0.25) is 0 Å². The highest BCUT2D eigenvalue weighted by Gasteiger charge is 2.05. The van der Waals surface area contributed by atoms with Gasteiger partial charge >= 0.3 is 0 Å². The van der Waals surface area contributed by atoms with Crippen molar-refractivity contribution in [3.8, 4) is 0 Å². The molecule has 0 fully saturated rings. The molecule has 0 amide bonds. The molecule has 0 aliphatic rings. The third kappa shape index (κ3) is 6.86. The molecule has 0 unspecified atom stereocenters. The second-order valence-electron chi connectivity index (χ2n) is 3.33. The maximum Gasteiger partial charge on any atom is 0.140 e. The molecule has 0 aromatic heterocycles. The van der Waals surface area contributed by atoms with Gasteiger partial charge in [-0.3, -0.25) is 0 Å². The summed E-state index contributed by atoms with van der Waals surface area (Å²) in [5.41, 5.74) is 0.967. The van der Waals surface area contributed by atoms with Crippen LogP contribution in [0.1, 0.15) is 26.7 Å². The molecule has 4 heteroatoms. The van der Waals surface area contributed by atoms with E-state index >= 15 is 0 Å². The molecular weight excluding hydrogens is 182 g/mol.